The summed E-state index contributed by atoms with van der Waals surface area (Å²) in [5.41, 5.74) is 7.08. The summed E-state index contributed by atoms with van der Waals surface area (Å²) in [5, 5.41) is 9.68. The van der Waals surface area contributed by atoms with Crippen LogP contribution in [-0.2, 0) is 11.2 Å². The van der Waals surface area contributed by atoms with Crippen molar-refractivity contribution < 1.29 is 9.90 Å². The van der Waals surface area contributed by atoms with Gasteiger partial charge in [-0.1, -0.05) is 37.3 Å². The molecule has 0 radical (unpaired) electrons. The molecule has 3 N–H and O–H groups in total. The molecule has 1 amide bonds. The number of benzene rings is 1. The Labute approximate surface area is 114 Å². The van der Waals surface area contributed by atoms with Gasteiger partial charge in [0.05, 0.1) is 12.1 Å². The summed E-state index contributed by atoms with van der Waals surface area (Å²) >= 11 is 0. The summed E-state index contributed by atoms with van der Waals surface area (Å²) in [6, 6.07) is 9.32. The highest BCUT2D eigenvalue weighted by Gasteiger charge is 2.29. The van der Waals surface area contributed by atoms with E-state index < -0.39 is 6.04 Å². The van der Waals surface area contributed by atoms with Gasteiger partial charge < -0.3 is 15.7 Å². The van der Waals surface area contributed by atoms with Crippen molar-refractivity contribution in [3.05, 3.63) is 35.9 Å². The maximum atomic E-state index is 12.3. The number of rotatable bonds is 3. The molecule has 0 aromatic heterocycles. The van der Waals surface area contributed by atoms with Crippen LogP contribution in [-0.4, -0.2) is 41.1 Å². The zero-order valence-corrected chi connectivity index (χ0v) is 11.3. The summed E-state index contributed by atoms with van der Waals surface area (Å²) < 4.78 is 0. The number of likely N-dealkylation sites (tertiary alicyclic amines) is 1. The van der Waals surface area contributed by atoms with Crippen molar-refractivity contribution in [3.63, 3.8) is 0 Å². The molecule has 1 aromatic carbocycles. The van der Waals surface area contributed by atoms with Gasteiger partial charge in [0.25, 0.3) is 0 Å². The third-order valence-corrected chi connectivity index (χ3v) is 3.79. The van der Waals surface area contributed by atoms with Gasteiger partial charge in [-0.3, -0.25) is 4.79 Å². The Kier molecular flexibility index (Phi) is 4.56. The van der Waals surface area contributed by atoms with Crippen molar-refractivity contribution in [2.24, 2.45) is 11.7 Å². The van der Waals surface area contributed by atoms with E-state index >= 15 is 0 Å². The minimum Gasteiger partial charge on any atom is -0.393 e. The van der Waals surface area contributed by atoms with Crippen LogP contribution < -0.4 is 5.73 Å². The van der Waals surface area contributed by atoms with Crippen molar-refractivity contribution in [3.8, 4) is 0 Å². The second-order valence-corrected chi connectivity index (χ2v) is 5.41. The Morgan fingerprint density at radius 3 is 2.79 bits per heavy atom. The first-order chi connectivity index (χ1) is 9.08. The Bertz CT molecular complexity index is 421. The Morgan fingerprint density at radius 2 is 2.16 bits per heavy atom. The van der Waals surface area contributed by atoms with Crippen molar-refractivity contribution in [2.45, 2.75) is 31.9 Å². The van der Waals surface area contributed by atoms with Crippen LogP contribution in [0.25, 0.3) is 0 Å². The molecule has 0 spiro atoms. The maximum Gasteiger partial charge on any atom is 0.239 e. The standard InChI is InChI=1S/C15H22N2O2/c1-11-10-17(8-7-14(11)18)15(19)13(16)9-12-5-3-2-4-6-12/h2-6,11,13-14,18H,7-10,16H2,1H3. The summed E-state index contributed by atoms with van der Waals surface area (Å²) in [6.07, 6.45) is 0.910. The Hall–Kier alpha value is -1.39. The quantitative estimate of drug-likeness (QED) is 0.846. The molecular weight excluding hydrogens is 240 g/mol. The van der Waals surface area contributed by atoms with E-state index in [1.807, 2.05) is 37.3 Å². The second kappa shape index (κ2) is 6.17. The van der Waals surface area contributed by atoms with Gasteiger partial charge in [-0.2, -0.15) is 0 Å². The topological polar surface area (TPSA) is 66.6 Å². The summed E-state index contributed by atoms with van der Waals surface area (Å²) in [7, 11) is 0. The van der Waals surface area contributed by atoms with Crippen LogP contribution in [0, 0.1) is 5.92 Å². The normalized spacial score (nSPS) is 25.1. The number of carbonyl (C=O) groups excluding carboxylic acids is 1. The fourth-order valence-electron chi connectivity index (χ4n) is 2.52. The number of nitrogens with zero attached hydrogens (tertiary/aromatic N) is 1. The summed E-state index contributed by atoms with van der Waals surface area (Å²) in [5.74, 6) is 0.115. The number of nitrogens with two attached hydrogens (primary N) is 1. The Balaban J connectivity index is 1.92. The van der Waals surface area contributed by atoms with Crippen LogP contribution in [0.4, 0.5) is 0 Å². The van der Waals surface area contributed by atoms with E-state index in [2.05, 4.69) is 0 Å². The molecular formula is C15H22N2O2. The number of aliphatic hydroxyl groups excluding tert-OH is 1. The fraction of sp³-hybridized carbons (Fsp3) is 0.533. The minimum absolute atomic E-state index is 0.0115. The van der Waals surface area contributed by atoms with E-state index in [-0.39, 0.29) is 17.9 Å². The van der Waals surface area contributed by atoms with Crippen molar-refractivity contribution in [1.29, 1.82) is 0 Å². The first kappa shape index (κ1) is 14.0. The molecule has 1 fully saturated rings. The third kappa shape index (κ3) is 3.55. The number of amides is 1. The van der Waals surface area contributed by atoms with Crippen molar-refractivity contribution in [2.75, 3.05) is 13.1 Å². The van der Waals surface area contributed by atoms with Crippen LogP contribution in [0.15, 0.2) is 30.3 Å². The Morgan fingerprint density at radius 1 is 1.47 bits per heavy atom. The minimum atomic E-state index is -0.496. The van der Waals surface area contributed by atoms with Gasteiger partial charge in [-0.15, -0.1) is 0 Å². The van der Waals surface area contributed by atoms with E-state index in [1.165, 1.54) is 0 Å². The maximum absolute atomic E-state index is 12.3. The molecule has 4 nitrogen and oxygen atoms in total. The van der Waals surface area contributed by atoms with Crippen molar-refractivity contribution in [1.82, 2.24) is 4.90 Å². The number of hydrogen-bond donors (Lipinski definition) is 2. The monoisotopic (exact) mass is 262 g/mol. The molecule has 0 bridgehead atoms. The molecule has 0 saturated carbocycles. The van der Waals surface area contributed by atoms with Gasteiger partial charge >= 0.3 is 0 Å². The molecule has 1 heterocycles. The lowest BCUT2D eigenvalue weighted by molar-refractivity contribution is -0.136. The smallest absolute Gasteiger partial charge is 0.239 e. The van der Waals surface area contributed by atoms with E-state index in [0.29, 0.717) is 25.9 Å². The van der Waals surface area contributed by atoms with Crippen LogP contribution in [0.2, 0.25) is 0 Å². The molecule has 19 heavy (non-hydrogen) atoms. The van der Waals surface area contributed by atoms with Crippen LogP contribution in [0.3, 0.4) is 0 Å². The van der Waals surface area contributed by atoms with Gasteiger partial charge in [0.2, 0.25) is 5.91 Å². The zero-order chi connectivity index (χ0) is 13.8. The van der Waals surface area contributed by atoms with E-state index in [0.717, 1.165) is 5.56 Å². The van der Waals surface area contributed by atoms with Crippen LogP contribution in [0.1, 0.15) is 18.9 Å². The predicted molar refractivity (Wildman–Crippen MR) is 74.5 cm³/mol. The first-order valence-electron chi connectivity index (χ1n) is 6.84. The molecule has 1 aromatic rings. The molecule has 1 aliphatic rings. The summed E-state index contributed by atoms with van der Waals surface area (Å²) in [6.45, 7) is 3.17. The molecule has 4 heteroatoms. The lowest BCUT2D eigenvalue weighted by Gasteiger charge is -2.35. The highest BCUT2D eigenvalue weighted by atomic mass is 16.3. The lowest BCUT2D eigenvalue weighted by Crippen LogP contribution is -2.51. The largest absolute Gasteiger partial charge is 0.393 e. The van der Waals surface area contributed by atoms with E-state index in [1.54, 1.807) is 4.90 Å². The highest BCUT2D eigenvalue weighted by molar-refractivity contribution is 5.82. The molecule has 3 unspecified atom stereocenters. The van der Waals surface area contributed by atoms with E-state index in [4.69, 9.17) is 5.73 Å². The molecule has 1 saturated heterocycles. The number of aliphatic hydroxyl groups is 1. The zero-order valence-electron chi connectivity index (χ0n) is 11.3. The predicted octanol–water partition coefficient (Wildman–Crippen LogP) is 0.786. The van der Waals surface area contributed by atoms with Gasteiger partial charge in [0.15, 0.2) is 0 Å². The molecule has 104 valence electrons. The van der Waals surface area contributed by atoms with Gasteiger partial charge in [-0.05, 0) is 24.3 Å². The van der Waals surface area contributed by atoms with E-state index in [9.17, 15) is 9.90 Å². The molecule has 3 atom stereocenters. The SMILES string of the molecule is CC1CN(C(=O)C(N)Cc2ccccc2)CCC1O. The molecule has 2 rings (SSSR count). The number of piperidine rings is 1. The van der Waals surface area contributed by atoms with Crippen molar-refractivity contribution >= 4 is 5.91 Å². The average molecular weight is 262 g/mol. The average Bonchev–Trinajstić information content (AvgIpc) is 2.42. The van der Waals surface area contributed by atoms with Crippen LogP contribution >= 0.6 is 0 Å². The lowest BCUT2D eigenvalue weighted by atomic mass is 9.95. The molecule has 0 aliphatic carbocycles. The van der Waals surface area contributed by atoms with Gasteiger partial charge in [-0.25, -0.2) is 0 Å². The summed E-state index contributed by atoms with van der Waals surface area (Å²) in [4.78, 5) is 14.1. The first-order valence-corrected chi connectivity index (χ1v) is 6.84. The fourth-order valence-corrected chi connectivity index (χ4v) is 2.52. The number of carbonyl (C=O) groups is 1. The third-order valence-electron chi connectivity index (χ3n) is 3.79. The van der Waals surface area contributed by atoms with Gasteiger partial charge in [0.1, 0.15) is 0 Å². The molecule has 1 aliphatic heterocycles. The number of hydrogen-bond acceptors (Lipinski definition) is 3. The highest BCUT2D eigenvalue weighted by Crippen LogP contribution is 2.17. The van der Waals surface area contributed by atoms with Crippen LogP contribution in [0.5, 0.6) is 0 Å². The van der Waals surface area contributed by atoms with Gasteiger partial charge in [0, 0.05) is 13.1 Å². The second-order valence-electron chi connectivity index (χ2n) is 5.41.